The Kier molecular flexibility index (Phi) is 4.94. The van der Waals surface area contributed by atoms with Crippen LogP contribution < -0.4 is 10.6 Å². The van der Waals surface area contributed by atoms with Crippen LogP contribution in [0.2, 0.25) is 0 Å². The summed E-state index contributed by atoms with van der Waals surface area (Å²) in [4.78, 5) is 11.0. The van der Waals surface area contributed by atoms with Gasteiger partial charge in [-0.15, -0.1) is 0 Å². The van der Waals surface area contributed by atoms with Gasteiger partial charge in [-0.3, -0.25) is 4.79 Å². The molecule has 0 spiro atoms. The number of hydrogen-bond donors (Lipinski definition) is 2. The smallest absolute Gasteiger partial charge is 0.236 e. The standard InChI is InChI=1S/C7H16N2O/c1-4-8-6(3)7(10)9-5-2/h6,8H,4-5H2,1-3H3,(H,9,10). The van der Waals surface area contributed by atoms with Crippen LogP contribution in [0.4, 0.5) is 0 Å². The minimum absolute atomic E-state index is 0.0649. The zero-order valence-corrected chi connectivity index (χ0v) is 6.90. The van der Waals surface area contributed by atoms with Crippen molar-refractivity contribution >= 4 is 5.91 Å². The van der Waals surface area contributed by atoms with E-state index in [4.69, 9.17) is 0 Å². The highest BCUT2D eigenvalue weighted by Crippen LogP contribution is 1.79. The van der Waals surface area contributed by atoms with Gasteiger partial charge in [-0.2, -0.15) is 0 Å². The molecule has 0 aliphatic heterocycles. The van der Waals surface area contributed by atoms with Crippen LogP contribution in [0.15, 0.2) is 0 Å². The van der Waals surface area contributed by atoms with E-state index in [2.05, 4.69) is 10.6 Å². The molecule has 0 aromatic carbocycles. The predicted molar refractivity (Wildman–Crippen MR) is 41.8 cm³/mol. The van der Waals surface area contributed by atoms with Crippen molar-refractivity contribution in [1.82, 2.24) is 10.6 Å². The molecule has 0 fully saturated rings. The fourth-order valence-electron chi connectivity index (χ4n) is 0.726. The molecule has 0 radical (unpaired) electrons. The quantitative estimate of drug-likeness (QED) is 0.588. The summed E-state index contributed by atoms with van der Waals surface area (Å²) >= 11 is 0. The van der Waals surface area contributed by atoms with Crippen LogP contribution in [0.25, 0.3) is 0 Å². The van der Waals surface area contributed by atoms with Gasteiger partial charge in [-0.05, 0) is 20.4 Å². The second-order valence-electron chi connectivity index (χ2n) is 2.17. The van der Waals surface area contributed by atoms with Crippen LogP contribution in [-0.4, -0.2) is 25.0 Å². The molecule has 0 aliphatic carbocycles. The first kappa shape index (κ1) is 9.43. The molecule has 3 nitrogen and oxygen atoms in total. The molecule has 0 bridgehead atoms. The molecule has 0 aliphatic rings. The van der Waals surface area contributed by atoms with Gasteiger partial charge in [0.25, 0.3) is 0 Å². The summed E-state index contributed by atoms with van der Waals surface area (Å²) in [7, 11) is 0. The first-order valence-electron chi connectivity index (χ1n) is 3.73. The lowest BCUT2D eigenvalue weighted by Crippen LogP contribution is -2.41. The number of nitrogens with one attached hydrogen (secondary N) is 2. The van der Waals surface area contributed by atoms with Gasteiger partial charge in [-0.25, -0.2) is 0 Å². The normalized spacial score (nSPS) is 12.7. The topological polar surface area (TPSA) is 41.1 Å². The highest BCUT2D eigenvalue weighted by molar-refractivity contribution is 5.81. The van der Waals surface area contributed by atoms with E-state index in [-0.39, 0.29) is 11.9 Å². The van der Waals surface area contributed by atoms with Crippen LogP contribution in [0.5, 0.6) is 0 Å². The maximum Gasteiger partial charge on any atom is 0.236 e. The third kappa shape index (κ3) is 3.45. The summed E-state index contributed by atoms with van der Waals surface area (Å²) < 4.78 is 0. The van der Waals surface area contributed by atoms with Gasteiger partial charge in [0.2, 0.25) is 5.91 Å². The molecular weight excluding hydrogens is 128 g/mol. The molecule has 0 aromatic rings. The summed E-state index contributed by atoms with van der Waals surface area (Å²) in [6, 6.07) is -0.0649. The Morgan fingerprint density at radius 2 is 2.00 bits per heavy atom. The minimum atomic E-state index is -0.0649. The Morgan fingerprint density at radius 1 is 1.40 bits per heavy atom. The van der Waals surface area contributed by atoms with Gasteiger partial charge >= 0.3 is 0 Å². The van der Waals surface area contributed by atoms with E-state index >= 15 is 0 Å². The van der Waals surface area contributed by atoms with Gasteiger partial charge in [0.1, 0.15) is 0 Å². The Balaban J connectivity index is 3.49. The first-order chi connectivity index (χ1) is 4.72. The number of carbonyl (C=O) groups is 1. The molecule has 3 heteroatoms. The predicted octanol–water partition coefficient (Wildman–Crippen LogP) is 0.120. The molecule has 1 unspecified atom stereocenters. The average molecular weight is 144 g/mol. The molecule has 60 valence electrons. The Morgan fingerprint density at radius 3 is 2.40 bits per heavy atom. The number of hydrogen-bond acceptors (Lipinski definition) is 2. The third-order valence-electron chi connectivity index (χ3n) is 1.25. The lowest BCUT2D eigenvalue weighted by molar-refractivity contribution is -0.122. The summed E-state index contributed by atoms with van der Waals surface area (Å²) in [5, 5.41) is 5.75. The monoisotopic (exact) mass is 144 g/mol. The molecule has 0 rings (SSSR count). The van der Waals surface area contributed by atoms with E-state index in [1.54, 1.807) is 0 Å². The van der Waals surface area contributed by atoms with Crippen LogP contribution in [0.3, 0.4) is 0 Å². The second-order valence-corrected chi connectivity index (χ2v) is 2.17. The number of amides is 1. The van der Waals surface area contributed by atoms with E-state index in [1.165, 1.54) is 0 Å². The Bertz CT molecular complexity index is 104. The molecule has 0 aromatic heterocycles. The molecule has 10 heavy (non-hydrogen) atoms. The van der Waals surface area contributed by atoms with Gasteiger partial charge in [-0.1, -0.05) is 6.92 Å². The zero-order valence-electron chi connectivity index (χ0n) is 6.90. The highest BCUT2D eigenvalue weighted by Gasteiger charge is 2.07. The summed E-state index contributed by atoms with van der Waals surface area (Å²) in [6.07, 6.45) is 0. The number of rotatable bonds is 4. The van der Waals surface area contributed by atoms with E-state index < -0.39 is 0 Å². The van der Waals surface area contributed by atoms with Crippen LogP contribution in [0.1, 0.15) is 20.8 Å². The first-order valence-corrected chi connectivity index (χ1v) is 3.73. The van der Waals surface area contributed by atoms with E-state index in [0.717, 1.165) is 6.54 Å². The lowest BCUT2D eigenvalue weighted by Gasteiger charge is -2.10. The van der Waals surface area contributed by atoms with Gasteiger partial charge in [0.15, 0.2) is 0 Å². The van der Waals surface area contributed by atoms with Gasteiger partial charge in [0.05, 0.1) is 6.04 Å². The largest absolute Gasteiger partial charge is 0.355 e. The lowest BCUT2D eigenvalue weighted by atomic mass is 10.3. The number of likely N-dealkylation sites (N-methyl/N-ethyl adjacent to an activating group) is 2. The fourth-order valence-corrected chi connectivity index (χ4v) is 0.726. The van der Waals surface area contributed by atoms with Crippen molar-refractivity contribution in [1.29, 1.82) is 0 Å². The van der Waals surface area contributed by atoms with Crippen molar-refractivity contribution < 1.29 is 4.79 Å². The average Bonchev–Trinajstić information content (AvgIpc) is 1.89. The van der Waals surface area contributed by atoms with E-state index in [9.17, 15) is 4.79 Å². The fraction of sp³-hybridized carbons (Fsp3) is 0.857. The van der Waals surface area contributed by atoms with E-state index in [0.29, 0.717) is 6.54 Å². The summed E-state index contributed by atoms with van der Waals surface area (Å²) in [6.45, 7) is 7.29. The molecular formula is C7H16N2O. The maximum atomic E-state index is 11.0. The van der Waals surface area contributed by atoms with Crippen molar-refractivity contribution in [2.75, 3.05) is 13.1 Å². The highest BCUT2D eigenvalue weighted by atomic mass is 16.2. The van der Waals surface area contributed by atoms with Crippen molar-refractivity contribution in [2.24, 2.45) is 0 Å². The van der Waals surface area contributed by atoms with Gasteiger partial charge in [0, 0.05) is 6.54 Å². The zero-order chi connectivity index (χ0) is 7.98. The van der Waals surface area contributed by atoms with Crippen LogP contribution in [-0.2, 0) is 4.79 Å². The summed E-state index contributed by atoms with van der Waals surface area (Å²) in [5.41, 5.74) is 0. The van der Waals surface area contributed by atoms with Crippen molar-refractivity contribution in [3.63, 3.8) is 0 Å². The third-order valence-corrected chi connectivity index (χ3v) is 1.25. The molecule has 0 saturated carbocycles. The molecule has 1 amide bonds. The van der Waals surface area contributed by atoms with Crippen molar-refractivity contribution in [2.45, 2.75) is 26.8 Å². The SMILES string of the molecule is CCNC(=O)C(C)NCC. The molecule has 1 atom stereocenters. The second kappa shape index (κ2) is 5.23. The van der Waals surface area contributed by atoms with Crippen molar-refractivity contribution in [3.05, 3.63) is 0 Å². The number of carbonyl (C=O) groups excluding carboxylic acids is 1. The minimum Gasteiger partial charge on any atom is -0.355 e. The maximum absolute atomic E-state index is 11.0. The molecule has 0 saturated heterocycles. The Hall–Kier alpha value is -0.570. The van der Waals surface area contributed by atoms with E-state index in [1.807, 2.05) is 20.8 Å². The van der Waals surface area contributed by atoms with Crippen molar-refractivity contribution in [3.8, 4) is 0 Å². The Labute approximate surface area is 62.2 Å². The molecule has 2 N–H and O–H groups in total. The molecule has 0 heterocycles. The van der Waals surface area contributed by atoms with Crippen LogP contribution in [0, 0.1) is 0 Å². The van der Waals surface area contributed by atoms with Gasteiger partial charge < -0.3 is 10.6 Å². The van der Waals surface area contributed by atoms with Crippen LogP contribution >= 0.6 is 0 Å². The summed E-state index contributed by atoms with van der Waals surface area (Å²) in [5.74, 6) is 0.0735.